The molecule has 0 bridgehead atoms. The highest BCUT2D eigenvalue weighted by molar-refractivity contribution is 7.99. The van der Waals surface area contributed by atoms with Crippen molar-refractivity contribution in [3.63, 3.8) is 0 Å². The third-order valence-corrected chi connectivity index (χ3v) is 3.16. The number of aromatic amines is 1. The summed E-state index contributed by atoms with van der Waals surface area (Å²) in [5.74, 6) is 0.0824. The summed E-state index contributed by atoms with van der Waals surface area (Å²) in [6.45, 7) is 3.78. The van der Waals surface area contributed by atoms with Crippen LogP contribution in [0.1, 0.15) is 19.9 Å². The molecular formula is C9H11ClN6OS. The first kappa shape index (κ1) is 12.9. The van der Waals surface area contributed by atoms with Gasteiger partial charge in [0.1, 0.15) is 10.2 Å². The highest BCUT2D eigenvalue weighted by Crippen LogP contribution is 2.26. The molecule has 0 aliphatic heterocycles. The van der Waals surface area contributed by atoms with Crippen LogP contribution in [-0.4, -0.2) is 24.7 Å². The molecular weight excluding hydrogens is 276 g/mol. The number of aromatic nitrogens is 5. The minimum Gasteiger partial charge on any atom is -0.368 e. The van der Waals surface area contributed by atoms with E-state index in [2.05, 4.69) is 20.2 Å². The van der Waals surface area contributed by atoms with Gasteiger partial charge in [-0.1, -0.05) is 11.6 Å². The van der Waals surface area contributed by atoms with Crippen LogP contribution < -0.4 is 11.4 Å². The Kier molecular flexibility index (Phi) is 3.58. The molecule has 96 valence electrons. The van der Waals surface area contributed by atoms with Gasteiger partial charge in [0.25, 0.3) is 0 Å². The maximum Gasteiger partial charge on any atom is 0.344 e. The van der Waals surface area contributed by atoms with Crippen LogP contribution >= 0.6 is 23.4 Å². The van der Waals surface area contributed by atoms with Gasteiger partial charge in [0.05, 0.1) is 0 Å². The fraction of sp³-hybridized carbons (Fsp3) is 0.333. The Morgan fingerprint density at radius 3 is 2.83 bits per heavy atom. The summed E-state index contributed by atoms with van der Waals surface area (Å²) in [4.78, 5) is 19.3. The zero-order chi connectivity index (χ0) is 13.3. The molecule has 0 unspecified atom stereocenters. The Hall–Kier alpha value is -1.54. The molecule has 3 N–H and O–H groups in total. The molecule has 18 heavy (non-hydrogen) atoms. The summed E-state index contributed by atoms with van der Waals surface area (Å²) < 4.78 is 1.52. The standard InChI is InChI=1S/C9H11ClN6OS/c1-4(2)16-8(17)14-15-9(16)18-6-3-5(10)12-7(11)13-6/h3-4H,1-2H3,(H,14,17)(H2,11,12,13). The van der Waals surface area contributed by atoms with E-state index in [1.165, 1.54) is 16.3 Å². The van der Waals surface area contributed by atoms with E-state index >= 15 is 0 Å². The normalized spacial score (nSPS) is 11.1. The van der Waals surface area contributed by atoms with Crippen LogP contribution in [0.15, 0.2) is 21.0 Å². The molecule has 0 aliphatic rings. The first-order chi connectivity index (χ1) is 8.47. The van der Waals surface area contributed by atoms with Crippen LogP contribution in [-0.2, 0) is 0 Å². The quantitative estimate of drug-likeness (QED) is 0.825. The Labute approximate surface area is 112 Å². The highest BCUT2D eigenvalue weighted by atomic mass is 35.5. The van der Waals surface area contributed by atoms with Gasteiger partial charge in [-0.15, -0.1) is 5.10 Å². The van der Waals surface area contributed by atoms with E-state index < -0.39 is 0 Å². The molecule has 0 aliphatic carbocycles. The lowest BCUT2D eigenvalue weighted by Gasteiger charge is -2.08. The number of anilines is 1. The molecule has 0 amide bonds. The van der Waals surface area contributed by atoms with Gasteiger partial charge in [0.15, 0.2) is 5.16 Å². The lowest BCUT2D eigenvalue weighted by atomic mass is 10.4. The van der Waals surface area contributed by atoms with E-state index in [1.54, 1.807) is 6.07 Å². The summed E-state index contributed by atoms with van der Waals surface area (Å²) in [6.07, 6.45) is 0. The van der Waals surface area contributed by atoms with Crippen molar-refractivity contribution in [1.29, 1.82) is 0 Å². The second kappa shape index (κ2) is 4.99. The number of nitrogens with two attached hydrogens (primary N) is 1. The first-order valence-electron chi connectivity index (χ1n) is 5.12. The molecule has 2 heterocycles. The number of hydrogen-bond donors (Lipinski definition) is 2. The van der Waals surface area contributed by atoms with Gasteiger partial charge < -0.3 is 5.73 Å². The molecule has 0 fully saturated rings. The van der Waals surface area contributed by atoms with Gasteiger partial charge in [-0.25, -0.2) is 19.9 Å². The van der Waals surface area contributed by atoms with Crippen molar-refractivity contribution in [2.45, 2.75) is 30.1 Å². The van der Waals surface area contributed by atoms with Crippen molar-refractivity contribution in [3.8, 4) is 0 Å². The van der Waals surface area contributed by atoms with Crippen molar-refractivity contribution in [2.75, 3.05) is 5.73 Å². The van der Waals surface area contributed by atoms with Crippen LogP contribution in [0.2, 0.25) is 5.15 Å². The number of rotatable bonds is 3. The van der Waals surface area contributed by atoms with E-state index in [-0.39, 0.29) is 22.8 Å². The number of halogens is 1. The minimum absolute atomic E-state index is 0.00611. The molecule has 0 atom stereocenters. The van der Waals surface area contributed by atoms with Gasteiger partial charge in [0.2, 0.25) is 5.95 Å². The monoisotopic (exact) mass is 286 g/mol. The number of hydrogen-bond acceptors (Lipinski definition) is 6. The van der Waals surface area contributed by atoms with Crippen LogP contribution in [0.3, 0.4) is 0 Å². The maximum atomic E-state index is 11.6. The van der Waals surface area contributed by atoms with E-state index in [0.29, 0.717) is 10.2 Å². The average Bonchev–Trinajstić information content (AvgIpc) is 2.57. The Morgan fingerprint density at radius 2 is 2.22 bits per heavy atom. The highest BCUT2D eigenvalue weighted by Gasteiger charge is 2.14. The van der Waals surface area contributed by atoms with Gasteiger partial charge in [-0.2, -0.15) is 0 Å². The SMILES string of the molecule is CC(C)n1c(Sc2cc(Cl)nc(N)n2)n[nH]c1=O. The number of nitrogen functional groups attached to an aromatic ring is 1. The lowest BCUT2D eigenvalue weighted by Crippen LogP contribution is -2.19. The Balaban J connectivity index is 2.37. The molecule has 7 nitrogen and oxygen atoms in total. The summed E-state index contributed by atoms with van der Waals surface area (Å²) in [5, 5.41) is 7.62. The second-order valence-corrected chi connectivity index (χ2v) is 5.14. The van der Waals surface area contributed by atoms with Gasteiger partial charge in [-0.05, 0) is 25.6 Å². The van der Waals surface area contributed by atoms with Crippen LogP contribution in [0.4, 0.5) is 5.95 Å². The second-order valence-electron chi connectivity index (χ2n) is 3.76. The molecule has 0 spiro atoms. The predicted octanol–water partition coefficient (Wildman–Crippen LogP) is 1.33. The summed E-state index contributed by atoms with van der Waals surface area (Å²) in [7, 11) is 0. The number of nitrogens with zero attached hydrogens (tertiary/aromatic N) is 4. The van der Waals surface area contributed by atoms with Crippen molar-refractivity contribution < 1.29 is 0 Å². The van der Waals surface area contributed by atoms with Crippen molar-refractivity contribution in [2.24, 2.45) is 0 Å². The first-order valence-corrected chi connectivity index (χ1v) is 6.31. The van der Waals surface area contributed by atoms with Crippen molar-refractivity contribution in [1.82, 2.24) is 24.7 Å². The number of nitrogens with one attached hydrogen (secondary N) is 1. The zero-order valence-corrected chi connectivity index (χ0v) is 11.3. The Morgan fingerprint density at radius 1 is 1.50 bits per heavy atom. The fourth-order valence-corrected chi connectivity index (χ4v) is 2.61. The summed E-state index contributed by atoms with van der Waals surface area (Å²) in [6, 6.07) is 1.56. The topological polar surface area (TPSA) is 102 Å². The molecule has 9 heteroatoms. The largest absolute Gasteiger partial charge is 0.368 e. The lowest BCUT2D eigenvalue weighted by molar-refractivity contribution is 0.534. The predicted molar refractivity (Wildman–Crippen MR) is 68.8 cm³/mol. The summed E-state index contributed by atoms with van der Waals surface area (Å²) in [5.41, 5.74) is 5.24. The van der Waals surface area contributed by atoms with E-state index in [1.807, 2.05) is 13.8 Å². The molecule has 0 saturated heterocycles. The smallest absolute Gasteiger partial charge is 0.344 e. The van der Waals surface area contributed by atoms with Crippen LogP contribution in [0, 0.1) is 0 Å². The van der Waals surface area contributed by atoms with E-state index in [4.69, 9.17) is 17.3 Å². The average molecular weight is 287 g/mol. The van der Waals surface area contributed by atoms with Crippen molar-refractivity contribution >= 4 is 29.3 Å². The fourth-order valence-electron chi connectivity index (χ4n) is 1.38. The van der Waals surface area contributed by atoms with Crippen LogP contribution in [0.5, 0.6) is 0 Å². The minimum atomic E-state index is -0.263. The molecule has 2 aromatic rings. The molecule has 0 saturated carbocycles. The maximum absolute atomic E-state index is 11.6. The van der Waals surface area contributed by atoms with Crippen molar-refractivity contribution in [3.05, 3.63) is 21.7 Å². The zero-order valence-electron chi connectivity index (χ0n) is 9.72. The van der Waals surface area contributed by atoms with E-state index in [0.717, 1.165) is 0 Å². The summed E-state index contributed by atoms with van der Waals surface area (Å²) >= 11 is 6.98. The third-order valence-electron chi connectivity index (χ3n) is 2.07. The third kappa shape index (κ3) is 2.65. The molecule has 0 radical (unpaired) electrons. The number of H-pyrrole nitrogens is 1. The van der Waals surface area contributed by atoms with Gasteiger partial charge in [-0.3, -0.25) is 4.57 Å². The van der Waals surface area contributed by atoms with Gasteiger partial charge >= 0.3 is 5.69 Å². The molecule has 2 rings (SSSR count). The van der Waals surface area contributed by atoms with Gasteiger partial charge in [0, 0.05) is 12.1 Å². The molecule has 0 aromatic carbocycles. The molecule has 2 aromatic heterocycles. The van der Waals surface area contributed by atoms with Crippen LogP contribution in [0.25, 0.3) is 0 Å². The Bertz CT molecular complexity index is 602. The van der Waals surface area contributed by atoms with E-state index in [9.17, 15) is 4.79 Å².